The van der Waals surface area contributed by atoms with Crippen LogP contribution in [-0.4, -0.2) is 56.8 Å². The lowest BCUT2D eigenvalue weighted by molar-refractivity contribution is -0.138. The predicted octanol–water partition coefficient (Wildman–Crippen LogP) is 2.12. The van der Waals surface area contributed by atoms with Gasteiger partial charge in [-0.15, -0.1) is 5.10 Å². The summed E-state index contributed by atoms with van der Waals surface area (Å²) in [6.07, 6.45) is -7.60. The number of halogens is 4. The average Bonchev–Trinajstić information content (AvgIpc) is 3.07. The van der Waals surface area contributed by atoms with Crippen molar-refractivity contribution in [3.63, 3.8) is 0 Å². The third-order valence-electron chi connectivity index (χ3n) is 4.84. The van der Waals surface area contributed by atoms with Crippen LogP contribution in [0.25, 0.3) is 0 Å². The van der Waals surface area contributed by atoms with Crippen LogP contribution in [0.3, 0.4) is 0 Å². The van der Waals surface area contributed by atoms with Crippen molar-refractivity contribution in [1.29, 1.82) is 0 Å². The van der Waals surface area contributed by atoms with Crippen molar-refractivity contribution in [1.82, 2.24) is 15.0 Å². The zero-order valence-electron chi connectivity index (χ0n) is 14.8. The fourth-order valence-corrected chi connectivity index (χ4v) is 3.38. The molecule has 1 aliphatic rings. The van der Waals surface area contributed by atoms with E-state index < -0.39 is 49.0 Å². The summed E-state index contributed by atoms with van der Waals surface area (Å²) < 4.78 is 57.3. The summed E-state index contributed by atoms with van der Waals surface area (Å²) in [4.78, 5) is 10.8. The Morgan fingerprint density at radius 1 is 1.25 bits per heavy atom. The van der Waals surface area contributed by atoms with Gasteiger partial charge in [-0.25, -0.2) is 22.2 Å². The molecule has 0 spiro atoms. The van der Waals surface area contributed by atoms with Crippen LogP contribution in [0.5, 0.6) is 0 Å². The molecule has 2 aromatic rings. The molecule has 6 atom stereocenters. The number of nitrogens with two attached hydrogens (primary N) is 1. The Morgan fingerprint density at radius 3 is 2.57 bits per heavy atom. The van der Waals surface area contributed by atoms with Crippen molar-refractivity contribution >= 4 is 5.97 Å². The molecule has 0 aliphatic heterocycles. The highest BCUT2D eigenvalue weighted by Crippen LogP contribution is 2.40. The number of benzene rings is 1. The smallest absolute Gasteiger partial charge is 0.320 e. The molecule has 1 saturated carbocycles. The number of aliphatic carboxylic acids is 1. The summed E-state index contributed by atoms with van der Waals surface area (Å²) in [5, 5.41) is 16.5. The molecule has 1 unspecified atom stereocenters. The minimum Gasteiger partial charge on any atom is -0.480 e. The largest absolute Gasteiger partial charge is 0.480 e. The number of alkyl halides is 4. The van der Waals surface area contributed by atoms with E-state index in [1.165, 1.54) is 23.0 Å². The van der Waals surface area contributed by atoms with Crippen LogP contribution in [0.1, 0.15) is 29.2 Å². The SMILES string of the molecule is N[C@@H](Cc1cn(Cc2cccc(C3[C@@H](F)[C@@H](F)C[C@@H](F)[C@H]3F)c2)nn1)C(=O)O. The lowest BCUT2D eigenvalue weighted by atomic mass is 9.79. The number of carbonyl (C=O) groups is 1. The number of carboxylic acid groups (broad SMARTS) is 1. The van der Waals surface area contributed by atoms with E-state index in [4.69, 9.17) is 10.8 Å². The molecule has 0 saturated heterocycles. The maximum atomic E-state index is 14.2. The van der Waals surface area contributed by atoms with Gasteiger partial charge in [-0.2, -0.15) is 0 Å². The van der Waals surface area contributed by atoms with E-state index in [0.29, 0.717) is 11.3 Å². The number of hydrogen-bond donors (Lipinski definition) is 2. The van der Waals surface area contributed by atoms with Gasteiger partial charge in [-0.1, -0.05) is 29.5 Å². The molecule has 0 amide bonds. The molecule has 3 N–H and O–H groups in total. The molecule has 0 radical (unpaired) electrons. The Hall–Kier alpha value is -2.49. The van der Waals surface area contributed by atoms with Gasteiger partial charge in [0.25, 0.3) is 0 Å². The van der Waals surface area contributed by atoms with E-state index in [1.807, 2.05) is 0 Å². The zero-order chi connectivity index (χ0) is 20.4. The van der Waals surface area contributed by atoms with Gasteiger partial charge in [-0.05, 0) is 11.1 Å². The van der Waals surface area contributed by atoms with Gasteiger partial charge in [0.15, 0.2) is 0 Å². The van der Waals surface area contributed by atoms with Crippen molar-refractivity contribution in [2.45, 2.75) is 56.0 Å². The third kappa shape index (κ3) is 4.32. The average molecular weight is 400 g/mol. The second kappa shape index (κ2) is 8.26. The number of rotatable bonds is 6. The first-order valence-electron chi connectivity index (χ1n) is 8.78. The second-order valence-corrected chi connectivity index (χ2v) is 6.98. The van der Waals surface area contributed by atoms with E-state index in [-0.39, 0.29) is 18.5 Å². The Kier molecular flexibility index (Phi) is 5.97. The van der Waals surface area contributed by atoms with E-state index in [0.717, 1.165) is 0 Å². The minimum absolute atomic E-state index is 0.000284. The molecule has 1 aromatic heterocycles. The van der Waals surface area contributed by atoms with Gasteiger partial charge < -0.3 is 10.8 Å². The first-order chi connectivity index (χ1) is 13.3. The maximum Gasteiger partial charge on any atom is 0.320 e. The van der Waals surface area contributed by atoms with Gasteiger partial charge in [-0.3, -0.25) is 4.79 Å². The minimum atomic E-state index is -2.12. The Labute approximate surface area is 158 Å². The number of carboxylic acids is 1. The lowest BCUT2D eigenvalue weighted by Crippen LogP contribution is -2.43. The van der Waals surface area contributed by atoms with Crippen LogP contribution in [-0.2, 0) is 17.8 Å². The first kappa shape index (κ1) is 20.2. The summed E-state index contributed by atoms with van der Waals surface area (Å²) in [5.74, 6) is -2.67. The number of nitrogens with zero attached hydrogens (tertiary/aromatic N) is 3. The highest BCUT2D eigenvalue weighted by Gasteiger charge is 2.47. The van der Waals surface area contributed by atoms with Crippen molar-refractivity contribution in [2.75, 3.05) is 0 Å². The van der Waals surface area contributed by atoms with Gasteiger partial charge in [0, 0.05) is 19.0 Å². The van der Waals surface area contributed by atoms with Gasteiger partial charge >= 0.3 is 5.97 Å². The van der Waals surface area contributed by atoms with Crippen LogP contribution in [0, 0.1) is 0 Å². The lowest BCUT2D eigenvalue weighted by Gasteiger charge is -2.34. The van der Waals surface area contributed by atoms with Crippen LogP contribution in [0.4, 0.5) is 17.6 Å². The van der Waals surface area contributed by atoms with Crippen molar-refractivity contribution in [3.8, 4) is 0 Å². The van der Waals surface area contributed by atoms with Gasteiger partial charge in [0.05, 0.1) is 18.2 Å². The standard InChI is InChI=1S/C18H20F4N4O2/c19-12-6-13(20)17(22)15(16(12)21)10-3-1-2-9(4-10)7-26-8-11(24-25-26)5-14(23)18(27)28/h1-4,8,12-17H,5-7,23H2,(H,27,28)/t12-,13+,14-,15?,16-,17+/m0/s1. The normalized spacial score (nSPS) is 28.8. The van der Waals surface area contributed by atoms with Crippen molar-refractivity contribution in [3.05, 3.63) is 47.3 Å². The first-order valence-corrected chi connectivity index (χ1v) is 8.78. The van der Waals surface area contributed by atoms with Crippen molar-refractivity contribution < 1.29 is 27.5 Å². The van der Waals surface area contributed by atoms with Crippen LogP contribution in [0.15, 0.2) is 30.5 Å². The number of hydrogen-bond acceptors (Lipinski definition) is 4. The molecular weight excluding hydrogens is 380 g/mol. The second-order valence-electron chi connectivity index (χ2n) is 6.98. The molecule has 1 heterocycles. The van der Waals surface area contributed by atoms with E-state index in [2.05, 4.69) is 10.3 Å². The molecular formula is C18H20F4N4O2. The van der Waals surface area contributed by atoms with E-state index in [9.17, 15) is 22.4 Å². The maximum absolute atomic E-state index is 14.2. The zero-order valence-corrected chi connectivity index (χ0v) is 14.8. The van der Waals surface area contributed by atoms with Crippen LogP contribution < -0.4 is 5.73 Å². The summed E-state index contributed by atoms with van der Waals surface area (Å²) >= 11 is 0. The molecule has 28 heavy (non-hydrogen) atoms. The summed E-state index contributed by atoms with van der Waals surface area (Å²) in [5.41, 5.74) is 6.61. The molecule has 152 valence electrons. The molecule has 6 nitrogen and oxygen atoms in total. The highest BCUT2D eigenvalue weighted by atomic mass is 19.2. The predicted molar refractivity (Wildman–Crippen MR) is 91.8 cm³/mol. The molecule has 1 fully saturated rings. The molecule has 0 bridgehead atoms. The van der Waals surface area contributed by atoms with Gasteiger partial charge in [0.2, 0.25) is 0 Å². The molecule has 10 heteroatoms. The quantitative estimate of drug-likeness (QED) is 0.725. The molecule has 1 aliphatic carbocycles. The monoisotopic (exact) mass is 400 g/mol. The summed E-state index contributed by atoms with van der Waals surface area (Å²) in [7, 11) is 0. The van der Waals surface area contributed by atoms with Gasteiger partial charge in [0.1, 0.15) is 30.7 Å². The van der Waals surface area contributed by atoms with E-state index in [1.54, 1.807) is 12.1 Å². The third-order valence-corrected chi connectivity index (χ3v) is 4.84. The van der Waals surface area contributed by atoms with Crippen LogP contribution in [0.2, 0.25) is 0 Å². The fraction of sp³-hybridized carbons (Fsp3) is 0.500. The Morgan fingerprint density at radius 2 is 1.93 bits per heavy atom. The number of aromatic nitrogens is 3. The summed E-state index contributed by atoms with van der Waals surface area (Å²) in [6.45, 7) is 0.182. The van der Waals surface area contributed by atoms with Crippen molar-refractivity contribution in [2.24, 2.45) is 5.73 Å². The van der Waals surface area contributed by atoms with Crippen LogP contribution >= 0.6 is 0 Å². The molecule has 3 rings (SSSR count). The van der Waals surface area contributed by atoms with E-state index >= 15 is 0 Å². The topological polar surface area (TPSA) is 94.0 Å². The summed E-state index contributed by atoms with van der Waals surface area (Å²) in [6, 6.07) is 5.05. The fourth-order valence-electron chi connectivity index (χ4n) is 3.38. The molecule has 1 aromatic carbocycles. The Balaban J connectivity index is 1.75. The highest BCUT2D eigenvalue weighted by molar-refractivity contribution is 5.73. The Bertz CT molecular complexity index is 819.